The van der Waals surface area contributed by atoms with E-state index in [9.17, 15) is 4.79 Å². The fraction of sp³-hybridized carbons (Fsp3) is 0.125. The van der Waals surface area contributed by atoms with Gasteiger partial charge in [0.25, 0.3) is 0 Å². The van der Waals surface area contributed by atoms with E-state index in [4.69, 9.17) is 11.6 Å². The van der Waals surface area contributed by atoms with E-state index in [-0.39, 0.29) is 11.7 Å². The van der Waals surface area contributed by atoms with Gasteiger partial charge in [0.2, 0.25) is 5.91 Å². The summed E-state index contributed by atoms with van der Waals surface area (Å²) in [6.45, 7) is 0.602. The molecule has 0 aliphatic carbocycles. The highest BCUT2D eigenvalue weighted by molar-refractivity contribution is 7.99. The molecule has 0 saturated carbocycles. The number of benzene rings is 3. The van der Waals surface area contributed by atoms with E-state index in [1.165, 1.54) is 17.3 Å². The first kappa shape index (κ1) is 21.2. The van der Waals surface area contributed by atoms with Crippen LogP contribution in [0.15, 0.2) is 90.1 Å². The summed E-state index contributed by atoms with van der Waals surface area (Å²) in [6.07, 6.45) is 0.804. The maximum absolute atomic E-state index is 12.4. The second kappa shape index (κ2) is 10.3. The lowest BCUT2D eigenvalue weighted by atomic mass is 10.1. The Kier molecular flexibility index (Phi) is 7.02. The first-order valence-electron chi connectivity index (χ1n) is 9.91. The molecule has 4 aromatic rings. The molecule has 156 valence electrons. The first-order valence-corrected chi connectivity index (χ1v) is 11.3. The minimum atomic E-state index is -0.0309. The van der Waals surface area contributed by atoms with Gasteiger partial charge in [-0.15, -0.1) is 10.2 Å². The molecule has 1 heterocycles. The monoisotopic (exact) mass is 448 g/mol. The van der Waals surface area contributed by atoms with Gasteiger partial charge in [-0.1, -0.05) is 71.9 Å². The van der Waals surface area contributed by atoms with E-state index in [1.54, 1.807) is 0 Å². The van der Waals surface area contributed by atoms with Crippen molar-refractivity contribution in [2.24, 2.45) is 0 Å². The van der Waals surface area contributed by atoms with E-state index in [0.717, 1.165) is 17.7 Å². The van der Waals surface area contributed by atoms with Crippen molar-refractivity contribution in [2.45, 2.75) is 11.6 Å². The molecule has 0 spiro atoms. The van der Waals surface area contributed by atoms with Gasteiger partial charge in [-0.05, 0) is 48.4 Å². The number of carbonyl (C=O) groups is 1. The van der Waals surface area contributed by atoms with Crippen LogP contribution in [0.4, 0.5) is 0 Å². The second-order valence-electron chi connectivity index (χ2n) is 6.86. The van der Waals surface area contributed by atoms with Crippen LogP contribution in [0, 0.1) is 0 Å². The predicted octanol–water partition coefficient (Wildman–Crippen LogP) is 5.04. The third-order valence-electron chi connectivity index (χ3n) is 4.66. The number of aromatic nitrogens is 3. The fourth-order valence-electron chi connectivity index (χ4n) is 3.13. The highest BCUT2D eigenvalue weighted by Crippen LogP contribution is 2.28. The third kappa shape index (κ3) is 5.54. The molecule has 0 aliphatic heterocycles. The highest BCUT2D eigenvalue weighted by Gasteiger charge is 2.17. The number of nitrogens with zero attached hydrogens (tertiary/aromatic N) is 3. The van der Waals surface area contributed by atoms with Gasteiger partial charge in [0.1, 0.15) is 0 Å². The summed E-state index contributed by atoms with van der Waals surface area (Å²) in [5.41, 5.74) is 3.04. The number of para-hydroxylation sites is 1. The van der Waals surface area contributed by atoms with E-state index in [1.807, 2.05) is 77.4 Å². The van der Waals surface area contributed by atoms with Gasteiger partial charge < -0.3 is 5.32 Å². The van der Waals surface area contributed by atoms with Crippen LogP contribution in [0.25, 0.3) is 17.1 Å². The summed E-state index contributed by atoms with van der Waals surface area (Å²) < 4.78 is 1.96. The third-order valence-corrected chi connectivity index (χ3v) is 5.84. The average molecular weight is 449 g/mol. The molecule has 0 bridgehead atoms. The zero-order valence-corrected chi connectivity index (χ0v) is 18.3. The SMILES string of the molecule is O=C(CSc1nnc(-c2ccc(Cl)cc2)n1-c1ccccc1)NCCc1ccccc1. The van der Waals surface area contributed by atoms with E-state index in [0.29, 0.717) is 22.5 Å². The Morgan fingerprint density at radius 2 is 1.58 bits per heavy atom. The quantitative estimate of drug-likeness (QED) is 0.384. The van der Waals surface area contributed by atoms with Crippen LogP contribution in [0.1, 0.15) is 5.56 Å². The maximum atomic E-state index is 12.4. The van der Waals surface area contributed by atoms with Crippen molar-refractivity contribution < 1.29 is 4.79 Å². The molecule has 3 aromatic carbocycles. The Morgan fingerprint density at radius 1 is 0.903 bits per heavy atom. The van der Waals surface area contributed by atoms with Crippen LogP contribution < -0.4 is 5.32 Å². The summed E-state index contributed by atoms with van der Waals surface area (Å²) in [6, 6.07) is 27.5. The zero-order chi connectivity index (χ0) is 21.5. The minimum absolute atomic E-state index is 0.0309. The summed E-state index contributed by atoms with van der Waals surface area (Å²) >= 11 is 7.40. The maximum Gasteiger partial charge on any atom is 0.230 e. The Morgan fingerprint density at radius 3 is 2.29 bits per heavy atom. The van der Waals surface area contributed by atoms with Crippen LogP contribution in [-0.4, -0.2) is 33.0 Å². The number of amides is 1. The van der Waals surface area contributed by atoms with Gasteiger partial charge in [-0.2, -0.15) is 0 Å². The number of hydrogen-bond acceptors (Lipinski definition) is 4. The molecule has 0 aliphatic rings. The highest BCUT2D eigenvalue weighted by atomic mass is 35.5. The number of nitrogens with one attached hydrogen (secondary N) is 1. The van der Waals surface area contributed by atoms with E-state index >= 15 is 0 Å². The molecule has 31 heavy (non-hydrogen) atoms. The van der Waals surface area contributed by atoms with Gasteiger partial charge in [-0.3, -0.25) is 9.36 Å². The minimum Gasteiger partial charge on any atom is -0.355 e. The Labute approximate surface area is 190 Å². The molecule has 0 unspecified atom stereocenters. The van der Waals surface area contributed by atoms with Crippen LogP contribution in [0.5, 0.6) is 0 Å². The molecule has 1 N–H and O–H groups in total. The fourth-order valence-corrected chi connectivity index (χ4v) is 4.04. The number of hydrogen-bond donors (Lipinski definition) is 1. The molecule has 1 amide bonds. The zero-order valence-electron chi connectivity index (χ0n) is 16.7. The normalized spacial score (nSPS) is 10.7. The second-order valence-corrected chi connectivity index (χ2v) is 8.24. The Hall–Kier alpha value is -3.09. The topological polar surface area (TPSA) is 59.8 Å². The van der Waals surface area contributed by atoms with Crippen LogP contribution in [0.2, 0.25) is 5.02 Å². The molecule has 4 rings (SSSR count). The average Bonchev–Trinajstić information content (AvgIpc) is 3.23. The van der Waals surface area contributed by atoms with Crippen molar-refractivity contribution in [3.05, 3.63) is 95.5 Å². The van der Waals surface area contributed by atoms with Crippen molar-refractivity contribution in [1.82, 2.24) is 20.1 Å². The largest absolute Gasteiger partial charge is 0.355 e. The Balaban J connectivity index is 1.46. The molecule has 5 nitrogen and oxygen atoms in total. The lowest BCUT2D eigenvalue weighted by molar-refractivity contribution is -0.118. The summed E-state index contributed by atoms with van der Waals surface area (Å²) in [4.78, 5) is 12.4. The predicted molar refractivity (Wildman–Crippen MR) is 126 cm³/mol. The molecule has 0 fully saturated rings. The van der Waals surface area contributed by atoms with E-state index in [2.05, 4.69) is 27.6 Å². The molecule has 0 radical (unpaired) electrons. The van der Waals surface area contributed by atoms with E-state index < -0.39 is 0 Å². The van der Waals surface area contributed by atoms with Crippen molar-refractivity contribution in [1.29, 1.82) is 0 Å². The van der Waals surface area contributed by atoms with Gasteiger partial charge in [-0.25, -0.2) is 0 Å². The molecular weight excluding hydrogens is 428 g/mol. The molecule has 0 atom stereocenters. The number of carbonyl (C=O) groups excluding carboxylic acids is 1. The lowest BCUT2D eigenvalue weighted by Gasteiger charge is -2.10. The molecular formula is C24H21ClN4OS. The van der Waals surface area contributed by atoms with Crippen LogP contribution in [-0.2, 0) is 11.2 Å². The van der Waals surface area contributed by atoms with Crippen molar-refractivity contribution in [2.75, 3.05) is 12.3 Å². The summed E-state index contributed by atoms with van der Waals surface area (Å²) in [5.74, 6) is 0.937. The number of halogens is 1. The Bertz CT molecular complexity index is 1130. The summed E-state index contributed by atoms with van der Waals surface area (Å²) in [7, 11) is 0. The van der Waals surface area contributed by atoms with Crippen molar-refractivity contribution in [3.63, 3.8) is 0 Å². The molecule has 0 saturated heterocycles. The van der Waals surface area contributed by atoms with Crippen LogP contribution >= 0.6 is 23.4 Å². The lowest BCUT2D eigenvalue weighted by Crippen LogP contribution is -2.27. The van der Waals surface area contributed by atoms with Crippen LogP contribution in [0.3, 0.4) is 0 Å². The van der Waals surface area contributed by atoms with Gasteiger partial charge >= 0.3 is 0 Å². The van der Waals surface area contributed by atoms with Gasteiger partial charge in [0, 0.05) is 22.8 Å². The van der Waals surface area contributed by atoms with Gasteiger partial charge in [0.05, 0.1) is 5.75 Å². The standard InChI is InChI=1S/C24H21ClN4OS/c25-20-13-11-19(12-14-20)23-27-28-24(29(23)21-9-5-2-6-10-21)31-17-22(30)26-16-15-18-7-3-1-4-8-18/h1-14H,15-17H2,(H,26,30). The number of rotatable bonds is 8. The van der Waals surface area contributed by atoms with Gasteiger partial charge in [0.15, 0.2) is 11.0 Å². The van der Waals surface area contributed by atoms with Crippen molar-refractivity contribution >= 4 is 29.3 Å². The summed E-state index contributed by atoms with van der Waals surface area (Å²) in [5, 5.41) is 13.0. The van der Waals surface area contributed by atoms with Crippen molar-refractivity contribution in [3.8, 4) is 17.1 Å². The molecule has 7 heteroatoms. The molecule has 1 aromatic heterocycles. The number of thioether (sulfide) groups is 1. The first-order chi connectivity index (χ1) is 15.2. The smallest absolute Gasteiger partial charge is 0.230 e.